The highest BCUT2D eigenvalue weighted by molar-refractivity contribution is 7.91. The Kier molecular flexibility index (Phi) is 3.31. The molecule has 80 valence electrons. The third-order valence-corrected chi connectivity index (χ3v) is 5.44. The molecule has 0 radical (unpaired) electrons. The number of hydrogen-bond acceptors (Lipinski definition) is 4. The Morgan fingerprint density at radius 1 is 1.50 bits per heavy atom. The minimum Gasteiger partial charge on any atom is -0.326 e. The minimum absolute atomic E-state index is 0.362. The Labute approximate surface area is 88.4 Å². The first-order valence-corrected chi connectivity index (χ1v) is 6.37. The van der Waals surface area contributed by atoms with Gasteiger partial charge in [-0.25, -0.2) is 12.7 Å². The summed E-state index contributed by atoms with van der Waals surface area (Å²) in [4.78, 5) is 0.922. The first kappa shape index (κ1) is 11.6. The number of nitrogens with two attached hydrogens (primary N) is 1. The van der Waals surface area contributed by atoms with Gasteiger partial charge in [-0.15, -0.1) is 11.3 Å². The molecule has 2 N–H and O–H groups in total. The largest absolute Gasteiger partial charge is 0.326 e. The van der Waals surface area contributed by atoms with E-state index in [2.05, 4.69) is 0 Å². The molecule has 0 saturated carbocycles. The van der Waals surface area contributed by atoms with Gasteiger partial charge in [-0.1, -0.05) is 0 Å². The molecule has 0 spiro atoms. The molecule has 1 rings (SSSR count). The normalized spacial score (nSPS) is 12.4. The third-order valence-electron chi connectivity index (χ3n) is 1.92. The van der Waals surface area contributed by atoms with E-state index in [-0.39, 0.29) is 0 Å². The van der Waals surface area contributed by atoms with E-state index in [1.54, 1.807) is 6.07 Å². The smallest absolute Gasteiger partial charge is 0.252 e. The van der Waals surface area contributed by atoms with Crippen molar-refractivity contribution in [3.05, 3.63) is 16.5 Å². The van der Waals surface area contributed by atoms with Crippen molar-refractivity contribution in [2.24, 2.45) is 5.73 Å². The van der Waals surface area contributed by atoms with Gasteiger partial charge < -0.3 is 5.73 Å². The Morgan fingerprint density at radius 3 is 2.43 bits per heavy atom. The zero-order valence-corrected chi connectivity index (χ0v) is 10.1. The lowest BCUT2D eigenvalue weighted by atomic mass is 10.3. The van der Waals surface area contributed by atoms with Crippen LogP contribution >= 0.6 is 11.3 Å². The van der Waals surface area contributed by atoms with Gasteiger partial charge in [0.15, 0.2) is 0 Å². The van der Waals surface area contributed by atoms with Crippen LogP contribution in [0.2, 0.25) is 0 Å². The van der Waals surface area contributed by atoms with Crippen molar-refractivity contribution >= 4 is 21.4 Å². The molecule has 0 aromatic carbocycles. The highest BCUT2D eigenvalue weighted by Crippen LogP contribution is 2.26. The predicted molar refractivity (Wildman–Crippen MR) is 57.8 cm³/mol. The van der Waals surface area contributed by atoms with Gasteiger partial charge in [0.1, 0.15) is 4.21 Å². The molecule has 6 heteroatoms. The predicted octanol–water partition coefficient (Wildman–Crippen LogP) is 0.766. The molecule has 1 heterocycles. The number of hydrogen-bond donors (Lipinski definition) is 1. The average molecular weight is 234 g/mol. The summed E-state index contributed by atoms with van der Waals surface area (Å²) in [7, 11) is -0.252. The molecule has 4 nitrogen and oxygen atoms in total. The van der Waals surface area contributed by atoms with E-state index < -0.39 is 10.0 Å². The second-order valence-corrected chi connectivity index (χ2v) is 6.68. The summed E-state index contributed by atoms with van der Waals surface area (Å²) >= 11 is 1.24. The van der Waals surface area contributed by atoms with E-state index in [1.807, 2.05) is 6.92 Å². The van der Waals surface area contributed by atoms with E-state index in [0.717, 1.165) is 10.4 Å². The zero-order chi connectivity index (χ0) is 10.9. The van der Waals surface area contributed by atoms with Crippen molar-refractivity contribution in [2.45, 2.75) is 17.7 Å². The van der Waals surface area contributed by atoms with Gasteiger partial charge in [-0.2, -0.15) is 0 Å². The molecule has 0 bridgehead atoms. The molecule has 0 saturated heterocycles. The Morgan fingerprint density at radius 2 is 2.07 bits per heavy atom. The van der Waals surface area contributed by atoms with Crippen LogP contribution in [0.5, 0.6) is 0 Å². The number of thiophene rings is 1. The van der Waals surface area contributed by atoms with Crippen LogP contribution in [0.1, 0.15) is 10.4 Å². The first-order valence-electron chi connectivity index (χ1n) is 4.11. The van der Waals surface area contributed by atoms with Crippen molar-refractivity contribution in [2.75, 3.05) is 14.1 Å². The summed E-state index contributed by atoms with van der Waals surface area (Å²) in [5.41, 5.74) is 6.43. The monoisotopic (exact) mass is 234 g/mol. The van der Waals surface area contributed by atoms with Crippen molar-refractivity contribution in [1.82, 2.24) is 4.31 Å². The van der Waals surface area contributed by atoms with E-state index in [9.17, 15) is 8.42 Å². The second-order valence-electron chi connectivity index (χ2n) is 3.16. The second kappa shape index (κ2) is 3.98. The molecule has 0 unspecified atom stereocenters. The van der Waals surface area contributed by atoms with Crippen LogP contribution in [0, 0.1) is 6.92 Å². The van der Waals surface area contributed by atoms with Gasteiger partial charge >= 0.3 is 0 Å². The van der Waals surface area contributed by atoms with E-state index in [4.69, 9.17) is 5.73 Å². The summed E-state index contributed by atoms with van der Waals surface area (Å²) in [6.07, 6.45) is 0. The van der Waals surface area contributed by atoms with Crippen molar-refractivity contribution in [1.29, 1.82) is 0 Å². The standard InChI is InChI=1S/C8H14N2O2S2/c1-6-4-8(13-7(6)5-9)14(11,12)10(2)3/h4H,5,9H2,1-3H3. The summed E-state index contributed by atoms with van der Waals surface area (Å²) in [6, 6.07) is 1.67. The maximum atomic E-state index is 11.7. The molecule has 0 atom stereocenters. The molecular formula is C8H14N2O2S2. The highest BCUT2D eigenvalue weighted by Gasteiger charge is 2.20. The molecule has 1 aromatic rings. The topological polar surface area (TPSA) is 63.4 Å². The zero-order valence-electron chi connectivity index (χ0n) is 8.44. The maximum Gasteiger partial charge on any atom is 0.252 e. The number of rotatable bonds is 3. The molecule has 0 amide bonds. The van der Waals surface area contributed by atoms with Crippen LogP contribution in [-0.4, -0.2) is 26.8 Å². The van der Waals surface area contributed by atoms with Crippen LogP contribution in [-0.2, 0) is 16.6 Å². The quantitative estimate of drug-likeness (QED) is 0.840. The lowest BCUT2D eigenvalue weighted by Gasteiger charge is -2.08. The lowest BCUT2D eigenvalue weighted by molar-refractivity contribution is 0.523. The summed E-state index contributed by atoms with van der Waals surface area (Å²) in [5.74, 6) is 0. The lowest BCUT2D eigenvalue weighted by Crippen LogP contribution is -2.21. The van der Waals surface area contributed by atoms with Crippen LogP contribution in [0.25, 0.3) is 0 Å². The SMILES string of the molecule is Cc1cc(S(=O)(=O)N(C)C)sc1CN. The van der Waals surface area contributed by atoms with Crippen molar-refractivity contribution < 1.29 is 8.42 Å². The fourth-order valence-electron chi connectivity index (χ4n) is 0.998. The van der Waals surface area contributed by atoms with Crippen LogP contribution < -0.4 is 5.73 Å². The fourth-order valence-corrected chi connectivity index (χ4v) is 3.64. The maximum absolute atomic E-state index is 11.7. The average Bonchev–Trinajstić information content (AvgIpc) is 2.47. The Hall–Kier alpha value is -0.430. The first-order chi connectivity index (χ1) is 6.39. The van der Waals surface area contributed by atoms with Gasteiger partial charge in [0.2, 0.25) is 0 Å². The van der Waals surface area contributed by atoms with Gasteiger partial charge in [0.05, 0.1) is 0 Å². The van der Waals surface area contributed by atoms with Crippen molar-refractivity contribution in [3.63, 3.8) is 0 Å². The molecule has 1 aromatic heterocycles. The molecule has 0 aliphatic rings. The molecule has 0 fully saturated rings. The van der Waals surface area contributed by atoms with Crippen molar-refractivity contribution in [3.8, 4) is 0 Å². The highest BCUT2D eigenvalue weighted by atomic mass is 32.2. The minimum atomic E-state index is -3.29. The van der Waals surface area contributed by atoms with Crippen LogP contribution in [0.3, 0.4) is 0 Å². The Bertz CT molecular complexity index is 421. The van der Waals surface area contributed by atoms with E-state index in [0.29, 0.717) is 10.8 Å². The van der Waals surface area contributed by atoms with Gasteiger partial charge in [0, 0.05) is 25.5 Å². The Balaban J connectivity index is 3.22. The molecule has 14 heavy (non-hydrogen) atoms. The fraction of sp³-hybridized carbons (Fsp3) is 0.500. The number of aryl methyl sites for hydroxylation is 1. The molecule has 0 aliphatic heterocycles. The summed E-state index contributed by atoms with van der Waals surface area (Å²) < 4.78 is 25.0. The molecular weight excluding hydrogens is 220 g/mol. The van der Waals surface area contributed by atoms with Gasteiger partial charge in [-0.05, 0) is 18.6 Å². The number of nitrogens with zero attached hydrogens (tertiary/aromatic N) is 1. The van der Waals surface area contributed by atoms with Crippen LogP contribution in [0.15, 0.2) is 10.3 Å². The van der Waals surface area contributed by atoms with Crippen LogP contribution in [0.4, 0.5) is 0 Å². The molecule has 0 aliphatic carbocycles. The third kappa shape index (κ3) is 1.98. The summed E-state index contributed by atoms with van der Waals surface area (Å²) in [6.45, 7) is 2.26. The van der Waals surface area contributed by atoms with Gasteiger partial charge in [0.25, 0.3) is 10.0 Å². The van der Waals surface area contributed by atoms with Gasteiger partial charge in [-0.3, -0.25) is 0 Å². The van der Waals surface area contributed by atoms with E-state index >= 15 is 0 Å². The van der Waals surface area contributed by atoms with E-state index in [1.165, 1.54) is 29.7 Å². The number of sulfonamides is 1. The summed E-state index contributed by atoms with van der Waals surface area (Å²) in [5, 5.41) is 0.